The zero-order valence-corrected chi connectivity index (χ0v) is 9.64. The Morgan fingerprint density at radius 3 is 2.87 bits per heavy atom. The lowest BCUT2D eigenvalue weighted by Crippen LogP contribution is -2.13. The molecule has 0 aliphatic rings. The summed E-state index contributed by atoms with van der Waals surface area (Å²) in [6.45, 7) is 4.04. The van der Waals surface area contributed by atoms with E-state index in [0.29, 0.717) is 11.4 Å². The zero-order chi connectivity index (χ0) is 11.0. The van der Waals surface area contributed by atoms with Crippen molar-refractivity contribution in [1.82, 2.24) is 9.38 Å². The van der Waals surface area contributed by atoms with Crippen LogP contribution in [0.2, 0.25) is 0 Å². The highest BCUT2D eigenvalue weighted by molar-refractivity contribution is 7.80. The molecule has 4 heteroatoms. The molecule has 0 atom stereocenters. The predicted molar refractivity (Wildman–Crippen MR) is 65.2 cm³/mol. The van der Waals surface area contributed by atoms with Gasteiger partial charge >= 0.3 is 0 Å². The first kappa shape index (κ1) is 10.1. The van der Waals surface area contributed by atoms with Gasteiger partial charge in [0, 0.05) is 12.6 Å². The molecule has 0 radical (unpaired) electrons. The monoisotopic (exact) mass is 219 g/mol. The molecule has 2 heterocycles. The number of nitrogens with zero attached hydrogens (tertiary/aromatic N) is 2. The van der Waals surface area contributed by atoms with Crippen LogP contribution in [-0.4, -0.2) is 14.4 Å². The van der Waals surface area contributed by atoms with Crippen LogP contribution in [0.25, 0.3) is 5.65 Å². The van der Waals surface area contributed by atoms with Crippen LogP contribution in [0.15, 0.2) is 18.3 Å². The molecule has 0 amide bonds. The number of aromatic nitrogens is 2. The molecule has 0 fully saturated rings. The number of hydrogen-bond donors (Lipinski definition) is 1. The van der Waals surface area contributed by atoms with Crippen molar-refractivity contribution in [3.8, 4) is 0 Å². The van der Waals surface area contributed by atoms with Crippen molar-refractivity contribution in [1.29, 1.82) is 0 Å². The Hall–Kier alpha value is -1.42. The molecule has 0 spiro atoms. The lowest BCUT2D eigenvalue weighted by molar-refractivity contribution is 1.04. The second kappa shape index (κ2) is 3.62. The fourth-order valence-electron chi connectivity index (χ4n) is 1.70. The van der Waals surface area contributed by atoms with E-state index in [1.807, 2.05) is 19.1 Å². The third-order valence-electron chi connectivity index (χ3n) is 2.41. The van der Waals surface area contributed by atoms with E-state index in [9.17, 15) is 0 Å². The summed E-state index contributed by atoms with van der Waals surface area (Å²) < 4.78 is 2.06. The highest BCUT2D eigenvalue weighted by Gasteiger charge is 2.08. The summed E-state index contributed by atoms with van der Waals surface area (Å²) in [4.78, 5) is 4.96. The minimum atomic E-state index is 0.501. The van der Waals surface area contributed by atoms with Crippen molar-refractivity contribution in [2.75, 3.05) is 0 Å². The number of hydrogen-bond acceptors (Lipinski definition) is 2. The fourth-order valence-corrected chi connectivity index (χ4v) is 1.83. The second-order valence-corrected chi connectivity index (χ2v) is 4.25. The minimum absolute atomic E-state index is 0.501. The first-order valence-corrected chi connectivity index (χ1v) is 5.21. The van der Waals surface area contributed by atoms with Crippen LogP contribution < -0.4 is 5.73 Å². The third kappa shape index (κ3) is 1.85. The summed E-state index contributed by atoms with van der Waals surface area (Å²) in [7, 11) is 0. The maximum absolute atomic E-state index is 5.57. The number of imidazole rings is 1. The smallest absolute Gasteiger partial charge is 0.137 e. The molecule has 0 aliphatic carbocycles. The summed E-state index contributed by atoms with van der Waals surface area (Å²) in [5, 5.41) is 0. The molecule has 0 saturated carbocycles. The van der Waals surface area contributed by atoms with Crippen LogP contribution in [0.3, 0.4) is 0 Å². The molecule has 0 saturated heterocycles. The van der Waals surface area contributed by atoms with Gasteiger partial charge in [-0.1, -0.05) is 18.3 Å². The lowest BCUT2D eigenvalue weighted by atomic mass is 10.2. The van der Waals surface area contributed by atoms with Gasteiger partial charge in [-0.25, -0.2) is 4.98 Å². The third-order valence-corrected chi connectivity index (χ3v) is 2.55. The lowest BCUT2D eigenvalue weighted by Gasteiger charge is -2.02. The van der Waals surface area contributed by atoms with Crippen molar-refractivity contribution in [3.05, 3.63) is 35.3 Å². The molecule has 15 heavy (non-hydrogen) atoms. The summed E-state index contributed by atoms with van der Waals surface area (Å²) in [5.74, 6) is 0. The van der Waals surface area contributed by atoms with E-state index in [0.717, 1.165) is 17.0 Å². The minimum Gasteiger partial charge on any atom is -0.393 e. The molecule has 2 rings (SSSR count). The fraction of sp³-hybridized carbons (Fsp3) is 0.273. The standard InChI is InChI=1S/C11H13N3S/c1-7-3-4-11-13-8(2)9(5-10(12)15)14(11)6-7/h3-4,6H,5H2,1-2H3,(H2,12,15). The molecule has 3 nitrogen and oxygen atoms in total. The molecule has 0 unspecified atom stereocenters. The molecular weight excluding hydrogens is 206 g/mol. The average molecular weight is 219 g/mol. The Morgan fingerprint density at radius 2 is 2.20 bits per heavy atom. The van der Waals surface area contributed by atoms with Crippen molar-refractivity contribution in [2.45, 2.75) is 20.3 Å². The highest BCUT2D eigenvalue weighted by Crippen LogP contribution is 2.13. The Labute approximate surface area is 93.9 Å². The zero-order valence-electron chi connectivity index (χ0n) is 8.82. The Balaban J connectivity index is 2.65. The van der Waals surface area contributed by atoms with Gasteiger partial charge in [0.2, 0.25) is 0 Å². The summed E-state index contributed by atoms with van der Waals surface area (Å²) in [5.41, 5.74) is 9.80. The molecule has 2 aromatic heterocycles. The maximum atomic E-state index is 5.57. The highest BCUT2D eigenvalue weighted by atomic mass is 32.1. The summed E-state index contributed by atoms with van der Waals surface area (Å²) in [6.07, 6.45) is 2.66. The quantitative estimate of drug-likeness (QED) is 0.783. The summed E-state index contributed by atoms with van der Waals surface area (Å²) in [6, 6.07) is 4.05. The van der Waals surface area contributed by atoms with E-state index in [4.69, 9.17) is 18.0 Å². The number of nitrogens with two attached hydrogens (primary N) is 1. The molecule has 0 bridgehead atoms. The van der Waals surface area contributed by atoms with Gasteiger partial charge in [-0.3, -0.25) is 0 Å². The number of fused-ring (bicyclic) bond motifs is 1. The first-order chi connectivity index (χ1) is 7.08. The van der Waals surface area contributed by atoms with E-state index in [1.54, 1.807) is 0 Å². The Morgan fingerprint density at radius 1 is 1.47 bits per heavy atom. The number of rotatable bonds is 2. The number of pyridine rings is 1. The van der Waals surface area contributed by atoms with Crippen LogP contribution in [0.1, 0.15) is 17.0 Å². The Kier molecular flexibility index (Phi) is 2.44. The van der Waals surface area contributed by atoms with Crippen LogP contribution in [0.5, 0.6) is 0 Å². The summed E-state index contributed by atoms with van der Waals surface area (Å²) >= 11 is 4.94. The molecule has 2 N–H and O–H groups in total. The molecule has 2 aromatic rings. The van der Waals surface area contributed by atoms with Crippen molar-refractivity contribution >= 4 is 22.9 Å². The topological polar surface area (TPSA) is 43.3 Å². The van der Waals surface area contributed by atoms with Gasteiger partial charge in [-0.2, -0.15) is 0 Å². The van der Waals surface area contributed by atoms with Gasteiger partial charge in [0.1, 0.15) is 5.65 Å². The SMILES string of the molecule is Cc1ccc2nc(C)c(CC(N)=S)n2c1. The molecule has 78 valence electrons. The van der Waals surface area contributed by atoms with Crippen LogP contribution in [0, 0.1) is 13.8 Å². The van der Waals surface area contributed by atoms with E-state index < -0.39 is 0 Å². The van der Waals surface area contributed by atoms with E-state index in [1.165, 1.54) is 5.56 Å². The van der Waals surface area contributed by atoms with Gasteiger partial charge in [0.25, 0.3) is 0 Å². The van der Waals surface area contributed by atoms with Gasteiger partial charge in [-0.15, -0.1) is 0 Å². The van der Waals surface area contributed by atoms with Gasteiger partial charge in [0.15, 0.2) is 0 Å². The van der Waals surface area contributed by atoms with Crippen molar-refractivity contribution < 1.29 is 0 Å². The maximum Gasteiger partial charge on any atom is 0.137 e. The van der Waals surface area contributed by atoms with Crippen LogP contribution in [0.4, 0.5) is 0 Å². The molecule has 0 aromatic carbocycles. The Bertz CT molecular complexity index is 528. The average Bonchev–Trinajstić information content (AvgIpc) is 2.43. The van der Waals surface area contributed by atoms with E-state index in [2.05, 4.69) is 22.5 Å². The predicted octanol–water partition coefficient (Wildman–Crippen LogP) is 1.78. The van der Waals surface area contributed by atoms with Crippen LogP contribution in [-0.2, 0) is 6.42 Å². The van der Waals surface area contributed by atoms with E-state index >= 15 is 0 Å². The first-order valence-electron chi connectivity index (χ1n) is 4.80. The normalized spacial score (nSPS) is 10.8. The van der Waals surface area contributed by atoms with Gasteiger partial charge < -0.3 is 10.1 Å². The number of thiocarbonyl (C=S) groups is 1. The largest absolute Gasteiger partial charge is 0.393 e. The van der Waals surface area contributed by atoms with Crippen LogP contribution >= 0.6 is 12.2 Å². The number of aryl methyl sites for hydroxylation is 2. The molecule has 0 aliphatic heterocycles. The van der Waals surface area contributed by atoms with Gasteiger partial charge in [0.05, 0.1) is 16.4 Å². The van der Waals surface area contributed by atoms with Gasteiger partial charge in [-0.05, 0) is 25.5 Å². The molecular formula is C11H13N3S. The second-order valence-electron chi connectivity index (χ2n) is 3.72. The van der Waals surface area contributed by atoms with E-state index in [-0.39, 0.29) is 0 Å². The van der Waals surface area contributed by atoms with Crippen molar-refractivity contribution in [3.63, 3.8) is 0 Å². The van der Waals surface area contributed by atoms with Crippen molar-refractivity contribution in [2.24, 2.45) is 5.73 Å².